The first-order valence-corrected chi connectivity index (χ1v) is 5.24. The Kier molecular flexibility index (Phi) is 4.71. The molecular formula is C11H15FN2O3. The van der Waals surface area contributed by atoms with Gasteiger partial charge in [0.2, 0.25) is 0 Å². The number of halogens is 1. The Bertz CT molecular complexity index is 410. The molecule has 0 fully saturated rings. The molecule has 5 N–H and O–H groups in total. The molecule has 0 heterocycles. The summed E-state index contributed by atoms with van der Waals surface area (Å²) in [6.45, 7) is 0.574. The van der Waals surface area contributed by atoms with Crippen molar-refractivity contribution in [3.63, 3.8) is 0 Å². The number of hydrogen-bond acceptors (Lipinski definition) is 4. The van der Waals surface area contributed by atoms with Crippen LogP contribution >= 0.6 is 0 Å². The lowest BCUT2D eigenvalue weighted by Gasteiger charge is -2.11. The van der Waals surface area contributed by atoms with Gasteiger partial charge in [0.25, 0.3) is 0 Å². The molecule has 0 saturated carbocycles. The van der Waals surface area contributed by atoms with Crippen molar-refractivity contribution in [2.24, 2.45) is 0 Å². The number of carboxylic acid groups (broad SMARTS) is 1. The number of carbonyl (C=O) groups is 1. The van der Waals surface area contributed by atoms with E-state index < -0.39 is 11.8 Å². The largest absolute Gasteiger partial charge is 0.478 e. The van der Waals surface area contributed by atoms with Gasteiger partial charge in [0, 0.05) is 13.2 Å². The highest BCUT2D eigenvalue weighted by molar-refractivity contribution is 6.00. The Morgan fingerprint density at radius 1 is 1.41 bits per heavy atom. The Hall–Kier alpha value is -1.82. The summed E-state index contributed by atoms with van der Waals surface area (Å²) in [5.74, 6) is -2.02. The fourth-order valence-electron chi connectivity index (χ4n) is 1.43. The van der Waals surface area contributed by atoms with Crippen LogP contribution in [0.1, 0.15) is 23.2 Å². The van der Waals surface area contributed by atoms with Crippen molar-refractivity contribution in [1.29, 1.82) is 0 Å². The van der Waals surface area contributed by atoms with E-state index in [0.717, 1.165) is 6.07 Å². The number of nitrogen functional groups attached to an aromatic ring is 1. The molecule has 94 valence electrons. The predicted molar refractivity (Wildman–Crippen MR) is 62.6 cm³/mol. The first-order valence-electron chi connectivity index (χ1n) is 5.24. The van der Waals surface area contributed by atoms with Crippen LogP contribution in [0.2, 0.25) is 0 Å². The zero-order valence-electron chi connectivity index (χ0n) is 9.24. The van der Waals surface area contributed by atoms with Gasteiger partial charge >= 0.3 is 5.97 Å². The van der Waals surface area contributed by atoms with E-state index >= 15 is 0 Å². The number of unbranched alkanes of at least 4 members (excludes halogenated alkanes) is 1. The molecule has 0 saturated heterocycles. The maximum Gasteiger partial charge on any atom is 0.340 e. The number of nitrogens with one attached hydrogen (secondary N) is 1. The molecule has 0 aliphatic carbocycles. The monoisotopic (exact) mass is 242 g/mol. The molecule has 0 aliphatic heterocycles. The minimum Gasteiger partial charge on any atom is -0.478 e. The molecular weight excluding hydrogens is 227 g/mol. The Morgan fingerprint density at radius 3 is 2.71 bits per heavy atom. The number of carboxylic acids is 1. The third-order valence-corrected chi connectivity index (χ3v) is 2.31. The molecule has 0 atom stereocenters. The zero-order valence-corrected chi connectivity index (χ0v) is 9.24. The van der Waals surface area contributed by atoms with Gasteiger partial charge in [-0.05, 0) is 25.0 Å². The Morgan fingerprint density at radius 2 is 2.12 bits per heavy atom. The van der Waals surface area contributed by atoms with Crippen LogP contribution in [0.3, 0.4) is 0 Å². The quantitative estimate of drug-likeness (QED) is 0.445. The summed E-state index contributed by atoms with van der Waals surface area (Å²) >= 11 is 0. The standard InChI is InChI=1S/C11H15FN2O3/c12-7-3-4-8(14-5-1-2-6-15)9(10(7)13)11(16)17/h3-4,14-15H,1-2,5-6,13H2,(H,16,17). The highest BCUT2D eigenvalue weighted by atomic mass is 19.1. The molecule has 0 spiro atoms. The molecule has 0 aromatic heterocycles. The molecule has 17 heavy (non-hydrogen) atoms. The number of aliphatic hydroxyl groups excluding tert-OH is 1. The number of benzene rings is 1. The Labute approximate surface area is 98.1 Å². The van der Waals surface area contributed by atoms with E-state index in [-0.39, 0.29) is 23.5 Å². The minimum atomic E-state index is -1.27. The van der Waals surface area contributed by atoms with Gasteiger partial charge in [-0.15, -0.1) is 0 Å². The maximum atomic E-state index is 13.1. The summed E-state index contributed by atoms with van der Waals surface area (Å²) < 4.78 is 13.1. The van der Waals surface area contributed by atoms with Crippen LogP contribution < -0.4 is 11.1 Å². The van der Waals surface area contributed by atoms with Crippen LogP contribution in [0.5, 0.6) is 0 Å². The van der Waals surface area contributed by atoms with Crippen LogP contribution in [0.15, 0.2) is 12.1 Å². The second-order valence-electron chi connectivity index (χ2n) is 3.55. The predicted octanol–water partition coefficient (Wildman–Crippen LogP) is 1.29. The van der Waals surface area contributed by atoms with Crippen LogP contribution in [-0.4, -0.2) is 29.3 Å². The fraction of sp³-hybridized carbons (Fsp3) is 0.364. The second-order valence-corrected chi connectivity index (χ2v) is 3.55. The van der Waals surface area contributed by atoms with Crippen molar-refractivity contribution < 1.29 is 19.4 Å². The molecule has 1 aromatic carbocycles. The third-order valence-electron chi connectivity index (χ3n) is 2.31. The summed E-state index contributed by atoms with van der Waals surface area (Å²) in [5, 5.41) is 20.4. The molecule has 1 rings (SSSR count). The van der Waals surface area contributed by atoms with Crippen LogP contribution in [0.25, 0.3) is 0 Å². The van der Waals surface area contributed by atoms with E-state index in [2.05, 4.69) is 5.32 Å². The number of aromatic carboxylic acids is 1. The van der Waals surface area contributed by atoms with E-state index in [1.165, 1.54) is 6.07 Å². The van der Waals surface area contributed by atoms with Crippen molar-refractivity contribution in [2.75, 3.05) is 24.2 Å². The zero-order chi connectivity index (χ0) is 12.8. The van der Waals surface area contributed by atoms with E-state index in [1.54, 1.807) is 0 Å². The van der Waals surface area contributed by atoms with Gasteiger partial charge in [-0.2, -0.15) is 0 Å². The van der Waals surface area contributed by atoms with Gasteiger partial charge in [-0.1, -0.05) is 0 Å². The van der Waals surface area contributed by atoms with Crippen molar-refractivity contribution in [3.8, 4) is 0 Å². The highest BCUT2D eigenvalue weighted by Crippen LogP contribution is 2.25. The molecule has 5 nitrogen and oxygen atoms in total. The van der Waals surface area contributed by atoms with E-state index in [1.807, 2.05) is 0 Å². The summed E-state index contributed by atoms with van der Waals surface area (Å²) in [4.78, 5) is 11.0. The number of aliphatic hydroxyl groups is 1. The fourth-order valence-corrected chi connectivity index (χ4v) is 1.43. The van der Waals surface area contributed by atoms with E-state index in [4.69, 9.17) is 15.9 Å². The summed E-state index contributed by atoms with van der Waals surface area (Å²) in [7, 11) is 0. The number of anilines is 2. The van der Waals surface area contributed by atoms with Gasteiger partial charge in [0.05, 0.1) is 11.4 Å². The third kappa shape index (κ3) is 3.32. The average molecular weight is 242 g/mol. The molecule has 0 aliphatic rings. The summed E-state index contributed by atoms with van der Waals surface area (Å²) in [6.07, 6.45) is 1.30. The highest BCUT2D eigenvalue weighted by Gasteiger charge is 2.16. The SMILES string of the molecule is Nc1c(F)ccc(NCCCCO)c1C(=O)O. The van der Waals surface area contributed by atoms with Crippen molar-refractivity contribution in [3.05, 3.63) is 23.5 Å². The second kappa shape index (κ2) is 6.05. The van der Waals surface area contributed by atoms with E-state index in [9.17, 15) is 9.18 Å². The van der Waals surface area contributed by atoms with E-state index in [0.29, 0.717) is 19.4 Å². The topological polar surface area (TPSA) is 95.6 Å². The van der Waals surface area contributed by atoms with Gasteiger partial charge in [0.15, 0.2) is 0 Å². The van der Waals surface area contributed by atoms with Crippen LogP contribution in [0.4, 0.5) is 15.8 Å². The normalized spacial score (nSPS) is 10.2. The van der Waals surface area contributed by atoms with Gasteiger partial charge in [0.1, 0.15) is 11.4 Å². The molecule has 1 aromatic rings. The lowest BCUT2D eigenvalue weighted by Crippen LogP contribution is -2.11. The lowest BCUT2D eigenvalue weighted by atomic mass is 10.1. The maximum absolute atomic E-state index is 13.1. The summed E-state index contributed by atoms with van der Waals surface area (Å²) in [6, 6.07) is 2.46. The van der Waals surface area contributed by atoms with Gasteiger partial charge in [-0.25, -0.2) is 9.18 Å². The van der Waals surface area contributed by atoms with Crippen molar-refractivity contribution in [1.82, 2.24) is 0 Å². The molecule has 0 bridgehead atoms. The van der Waals surface area contributed by atoms with Crippen molar-refractivity contribution in [2.45, 2.75) is 12.8 Å². The average Bonchev–Trinajstić information content (AvgIpc) is 2.28. The van der Waals surface area contributed by atoms with Gasteiger partial charge < -0.3 is 21.3 Å². The Balaban J connectivity index is 2.84. The number of rotatable bonds is 6. The molecule has 0 radical (unpaired) electrons. The molecule has 0 amide bonds. The van der Waals surface area contributed by atoms with Crippen LogP contribution in [0, 0.1) is 5.82 Å². The first kappa shape index (κ1) is 13.2. The number of hydrogen-bond donors (Lipinski definition) is 4. The number of nitrogens with two attached hydrogens (primary N) is 1. The first-order chi connectivity index (χ1) is 8.07. The smallest absolute Gasteiger partial charge is 0.340 e. The van der Waals surface area contributed by atoms with Crippen LogP contribution in [-0.2, 0) is 0 Å². The molecule has 6 heteroatoms. The van der Waals surface area contributed by atoms with Gasteiger partial charge in [-0.3, -0.25) is 0 Å². The summed E-state index contributed by atoms with van der Waals surface area (Å²) in [5.41, 5.74) is 5.04. The molecule has 0 unspecified atom stereocenters. The lowest BCUT2D eigenvalue weighted by molar-refractivity contribution is 0.0698. The minimum absolute atomic E-state index is 0.0824. The van der Waals surface area contributed by atoms with Crippen molar-refractivity contribution >= 4 is 17.3 Å².